The van der Waals surface area contributed by atoms with Crippen molar-refractivity contribution in [2.24, 2.45) is 0 Å². The van der Waals surface area contributed by atoms with Gasteiger partial charge in [0.1, 0.15) is 17.7 Å². The van der Waals surface area contributed by atoms with E-state index in [0.717, 1.165) is 33.9 Å². The third kappa shape index (κ3) is 9.51. The van der Waals surface area contributed by atoms with E-state index in [1.807, 2.05) is 87.7 Å². The van der Waals surface area contributed by atoms with Gasteiger partial charge in [-0.05, 0) is 87.9 Å². The molecule has 0 aliphatic carbocycles. The van der Waals surface area contributed by atoms with Crippen LogP contribution >= 0.6 is 11.8 Å². The maximum Gasteiger partial charge on any atom is 0.408 e. The number of fused-ring (bicyclic) bond motifs is 1. The fourth-order valence-electron chi connectivity index (χ4n) is 4.96. The Bertz CT molecular complexity index is 1360. The number of alkyl carbamates (subject to hydrolysis) is 1. The zero-order chi connectivity index (χ0) is 30.9. The SMILES string of the molecule is CCCCN(C(=O)C(CCSC)NC(=O)OC(C)(C)C)C(C(=O)Nc1ccc2ccccc2c1)c1cc(C)cc(C)c1. The molecule has 0 radical (unpaired) electrons. The van der Waals surface area contributed by atoms with Crippen molar-refractivity contribution in [1.29, 1.82) is 0 Å². The first-order valence-corrected chi connectivity index (χ1v) is 16.0. The van der Waals surface area contributed by atoms with Gasteiger partial charge >= 0.3 is 6.09 Å². The summed E-state index contributed by atoms with van der Waals surface area (Å²) in [7, 11) is 0. The number of hydrogen-bond acceptors (Lipinski definition) is 5. The molecule has 0 aliphatic heterocycles. The van der Waals surface area contributed by atoms with Gasteiger partial charge in [-0.1, -0.05) is 73.0 Å². The van der Waals surface area contributed by atoms with Crippen molar-refractivity contribution in [3.8, 4) is 0 Å². The predicted molar refractivity (Wildman–Crippen MR) is 174 cm³/mol. The van der Waals surface area contributed by atoms with Crippen molar-refractivity contribution in [3.05, 3.63) is 77.4 Å². The molecule has 0 saturated carbocycles. The smallest absolute Gasteiger partial charge is 0.408 e. The second kappa shape index (κ2) is 15.1. The summed E-state index contributed by atoms with van der Waals surface area (Å²) in [6, 6.07) is 18.0. The molecular weight excluding hydrogens is 546 g/mol. The molecule has 2 N–H and O–H groups in total. The van der Waals surface area contributed by atoms with Gasteiger partial charge in [0.25, 0.3) is 5.91 Å². The Balaban J connectivity index is 2.04. The van der Waals surface area contributed by atoms with E-state index in [1.54, 1.807) is 37.4 Å². The van der Waals surface area contributed by atoms with E-state index < -0.39 is 23.8 Å². The number of carbonyl (C=O) groups excluding carboxylic acids is 3. The number of ether oxygens (including phenoxy) is 1. The average molecular weight is 592 g/mol. The molecule has 42 heavy (non-hydrogen) atoms. The van der Waals surface area contributed by atoms with Crippen molar-refractivity contribution < 1.29 is 19.1 Å². The van der Waals surface area contributed by atoms with E-state index in [4.69, 9.17) is 4.74 Å². The minimum atomic E-state index is -0.897. The number of nitrogens with one attached hydrogen (secondary N) is 2. The number of aryl methyl sites for hydroxylation is 2. The quantitative estimate of drug-likeness (QED) is 0.229. The van der Waals surface area contributed by atoms with Crippen LogP contribution in [0.25, 0.3) is 10.8 Å². The van der Waals surface area contributed by atoms with Gasteiger partial charge < -0.3 is 20.3 Å². The number of nitrogens with zero attached hydrogens (tertiary/aromatic N) is 1. The van der Waals surface area contributed by atoms with E-state index in [9.17, 15) is 14.4 Å². The van der Waals surface area contributed by atoms with Crippen LogP contribution in [0.2, 0.25) is 0 Å². The van der Waals surface area contributed by atoms with Crippen LogP contribution in [0.3, 0.4) is 0 Å². The van der Waals surface area contributed by atoms with Crippen LogP contribution in [0, 0.1) is 13.8 Å². The molecule has 0 aromatic heterocycles. The van der Waals surface area contributed by atoms with Gasteiger partial charge in [-0.3, -0.25) is 9.59 Å². The molecule has 8 heteroatoms. The fourth-order valence-corrected chi connectivity index (χ4v) is 5.43. The number of hydrogen-bond donors (Lipinski definition) is 2. The molecule has 2 unspecified atom stereocenters. The first-order valence-electron chi connectivity index (χ1n) is 14.6. The van der Waals surface area contributed by atoms with Crippen molar-refractivity contribution in [2.75, 3.05) is 23.9 Å². The van der Waals surface area contributed by atoms with Crippen LogP contribution in [0.1, 0.15) is 69.7 Å². The third-order valence-corrected chi connectivity index (χ3v) is 7.42. The van der Waals surface area contributed by atoms with Crippen LogP contribution in [0.4, 0.5) is 10.5 Å². The molecule has 2 atom stereocenters. The van der Waals surface area contributed by atoms with Crippen LogP contribution < -0.4 is 10.6 Å². The maximum absolute atomic E-state index is 14.3. The Morgan fingerprint density at radius 2 is 1.62 bits per heavy atom. The molecular formula is C34H45N3O4S. The van der Waals surface area contributed by atoms with Crippen molar-refractivity contribution in [3.63, 3.8) is 0 Å². The first kappa shape index (κ1) is 33.0. The number of amides is 3. The summed E-state index contributed by atoms with van der Waals surface area (Å²) in [6.45, 7) is 11.7. The van der Waals surface area contributed by atoms with E-state index >= 15 is 0 Å². The molecule has 0 saturated heterocycles. The van der Waals surface area contributed by atoms with Crippen LogP contribution in [0.15, 0.2) is 60.7 Å². The van der Waals surface area contributed by atoms with Gasteiger partial charge in [0.05, 0.1) is 0 Å². The molecule has 3 aromatic carbocycles. The highest BCUT2D eigenvalue weighted by molar-refractivity contribution is 7.98. The highest BCUT2D eigenvalue weighted by atomic mass is 32.2. The number of anilines is 1. The molecule has 226 valence electrons. The Labute approximate surface area is 254 Å². The van der Waals surface area contributed by atoms with Gasteiger partial charge in [-0.2, -0.15) is 11.8 Å². The number of thioether (sulfide) groups is 1. The summed E-state index contributed by atoms with van der Waals surface area (Å²) in [4.78, 5) is 43.0. The molecule has 7 nitrogen and oxygen atoms in total. The van der Waals surface area contributed by atoms with Crippen molar-refractivity contribution >= 4 is 46.1 Å². The number of benzene rings is 3. The van der Waals surface area contributed by atoms with Crippen molar-refractivity contribution in [2.45, 2.75) is 78.5 Å². The highest BCUT2D eigenvalue weighted by Gasteiger charge is 2.36. The minimum absolute atomic E-state index is 0.304. The summed E-state index contributed by atoms with van der Waals surface area (Å²) in [6.07, 6.45) is 3.26. The largest absolute Gasteiger partial charge is 0.444 e. The molecule has 3 amide bonds. The Morgan fingerprint density at radius 1 is 0.952 bits per heavy atom. The lowest BCUT2D eigenvalue weighted by atomic mass is 9.97. The van der Waals surface area contributed by atoms with Crippen molar-refractivity contribution in [1.82, 2.24) is 10.2 Å². The molecule has 0 aliphatic rings. The van der Waals surface area contributed by atoms with Crippen LogP contribution in [-0.2, 0) is 14.3 Å². The zero-order valence-electron chi connectivity index (χ0n) is 26.0. The third-order valence-electron chi connectivity index (χ3n) is 6.77. The number of carbonyl (C=O) groups is 3. The van der Waals surface area contributed by atoms with E-state index in [1.165, 1.54) is 0 Å². The normalized spacial score (nSPS) is 12.8. The number of unbranched alkanes of at least 4 members (excludes halogenated alkanes) is 1. The monoisotopic (exact) mass is 591 g/mol. The lowest BCUT2D eigenvalue weighted by Gasteiger charge is -2.35. The van der Waals surface area contributed by atoms with Gasteiger partial charge in [0.15, 0.2) is 0 Å². The summed E-state index contributed by atoms with van der Waals surface area (Å²) in [5.41, 5.74) is 2.68. The van der Waals surface area contributed by atoms with Gasteiger partial charge in [0, 0.05) is 12.2 Å². The number of rotatable bonds is 12. The average Bonchev–Trinajstić information content (AvgIpc) is 2.91. The van der Waals surface area contributed by atoms with Gasteiger partial charge in [-0.25, -0.2) is 4.79 Å². The van der Waals surface area contributed by atoms with Gasteiger partial charge in [-0.15, -0.1) is 0 Å². The van der Waals surface area contributed by atoms with Gasteiger partial charge in [0.2, 0.25) is 5.91 Å². The summed E-state index contributed by atoms with van der Waals surface area (Å²) in [5.74, 6) is 0.0486. The molecule has 3 rings (SSSR count). The Kier molecular flexibility index (Phi) is 11.9. The predicted octanol–water partition coefficient (Wildman–Crippen LogP) is 7.41. The second-order valence-electron chi connectivity index (χ2n) is 11.7. The lowest BCUT2D eigenvalue weighted by Crippen LogP contribution is -2.52. The lowest BCUT2D eigenvalue weighted by molar-refractivity contribution is -0.141. The fraction of sp³-hybridized carbons (Fsp3) is 0.441. The summed E-state index contributed by atoms with van der Waals surface area (Å²) >= 11 is 1.59. The molecule has 0 bridgehead atoms. The second-order valence-corrected chi connectivity index (χ2v) is 12.7. The first-order chi connectivity index (χ1) is 19.9. The van der Waals surface area contributed by atoms with E-state index in [0.29, 0.717) is 30.8 Å². The molecule has 0 heterocycles. The molecule has 0 fully saturated rings. The topological polar surface area (TPSA) is 87.7 Å². The maximum atomic E-state index is 14.3. The molecule has 0 spiro atoms. The zero-order valence-corrected chi connectivity index (χ0v) is 26.8. The Hall–Kier alpha value is -3.52. The Morgan fingerprint density at radius 3 is 2.24 bits per heavy atom. The van der Waals surface area contributed by atoms with E-state index in [-0.39, 0.29) is 11.8 Å². The minimum Gasteiger partial charge on any atom is -0.444 e. The van der Waals surface area contributed by atoms with Crippen LogP contribution in [0.5, 0.6) is 0 Å². The highest BCUT2D eigenvalue weighted by Crippen LogP contribution is 2.28. The summed E-state index contributed by atoms with van der Waals surface area (Å²) in [5, 5.41) is 7.98. The van der Waals surface area contributed by atoms with E-state index in [2.05, 4.69) is 10.6 Å². The molecule has 3 aromatic rings. The van der Waals surface area contributed by atoms with Crippen LogP contribution in [-0.4, -0.2) is 53.0 Å². The summed E-state index contributed by atoms with van der Waals surface area (Å²) < 4.78 is 5.49. The standard InChI is InChI=1S/C34H45N3O4S/c1-8-9-17-37(32(39)29(16-18-42-7)36-33(40)41-34(4,5)6)30(27-20-23(2)19-24(3)21-27)31(38)35-28-15-14-25-12-10-11-13-26(25)22-28/h10-15,19-22,29-30H,8-9,16-18H2,1-7H3,(H,35,38)(H,36,40).